The van der Waals surface area contributed by atoms with E-state index in [1.807, 2.05) is 26.1 Å². The van der Waals surface area contributed by atoms with Crippen LogP contribution in [0, 0.1) is 12.3 Å². The van der Waals surface area contributed by atoms with Crippen LogP contribution in [-0.4, -0.2) is 18.0 Å². The molecular formula is C11H17N. The average molecular weight is 163 g/mol. The van der Waals surface area contributed by atoms with Crippen molar-refractivity contribution in [2.24, 2.45) is 0 Å². The van der Waals surface area contributed by atoms with Crippen LogP contribution in [0.15, 0.2) is 23.9 Å². The Morgan fingerprint density at radius 1 is 1.50 bits per heavy atom. The van der Waals surface area contributed by atoms with Gasteiger partial charge < -0.3 is 4.90 Å². The van der Waals surface area contributed by atoms with Gasteiger partial charge in [-0.3, -0.25) is 0 Å². The zero-order valence-corrected chi connectivity index (χ0v) is 8.33. The first-order chi connectivity index (χ1) is 5.63. The first kappa shape index (κ1) is 10.8. The molecule has 0 saturated heterocycles. The molecule has 0 unspecified atom stereocenters. The fraction of sp³-hybridized carbons (Fsp3) is 0.455. The van der Waals surface area contributed by atoms with Crippen LogP contribution >= 0.6 is 0 Å². The van der Waals surface area contributed by atoms with Gasteiger partial charge >= 0.3 is 0 Å². The van der Waals surface area contributed by atoms with E-state index in [9.17, 15) is 0 Å². The van der Waals surface area contributed by atoms with Crippen LogP contribution in [0.5, 0.6) is 0 Å². The lowest BCUT2D eigenvalue weighted by molar-refractivity contribution is 0.355. The Morgan fingerprint density at radius 2 is 2.08 bits per heavy atom. The van der Waals surface area contributed by atoms with Gasteiger partial charge in [0, 0.05) is 24.9 Å². The second-order valence-corrected chi connectivity index (χ2v) is 2.94. The molecule has 0 heterocycles. The number of allylic oxidation sites excluding steroid dienone is 3. The molecule has 0 N–H and O–H groups in total. The van der Waals surface area contributed by atoms with Gasteiger partial charge in [0.1, 0.15) is 0 Å². The third-order valence-electron chi connectivity index (χ3n) is 1.75. The van der Waals surface area contributed by atoms with Crippen LogP contribution in [0.3, 0.4) is 0 Å². The zero-order valence-electron chi connectivity index (χ0n) is 8.33. The third kappa shape index (κ3) is 3.30. The molecule has 1 heteroatoms. The maximum atomic E-state index is 5.21. The first-order valence-electron chi connectivity index (χ1n) is 4.15. The van der Waals surface area contributed by atoms with Crippen molar-refractivity contribution in [2.45, 2.75) is 26.8 Å². The van der Waals surface area contributed by atoms with E-state index in [2.05, 4.69) is 24.7 Å². The minimum absolute atomic E-state index is 0.473. The summed E-state index contributed by atoms with van der Waals surface area (Å²) in [7, 11) is 2.04. The normalized spacial score (nSPS) is 12.2. The van der Waals surface area contributed by atoms with Crippen LogP contribution < -0.4 is 0 Å². The Labute approximate surface area is 75.8 Å². The molecule has 0 amide bonds. The SMILES string of the molecule is C#C/C=C(\C=C/C)N(C)C(C)C. The fourth-order valence-corrected chi connectivity index (χ4v) is 0.822. The molecule has 0 aliphatic rings. The molecule has 12 heavy (non-hydrogen) atoms. The first-order valence-corrected chi connectivity index (χ1v) is 4.15. The number of rotatable bonds is 3. The smallest absolute Gasteiger partial charge is 0.0447 e. The van der Waals surface area contributed by atoms with E-state index in [0.29, 0.717) is 6.04 Å². The van der Waals surface area contributed by atoms with Crippen molar-refractivity contribution in [3.05, 3.63) is 23.9 Å². The molecule has 0 aliphatic heterocycles. The van der Waals surface area contributed by atoms with E-state index in [4.69, 9.17) is 6.42 Å². The molecule has 66 valence electrons. The van der Waals surface area contributed by atoms with E-state index in [-0.39, 0.29) is 0 Å². The van der Waals surface area contributed by atoms with Gasteiger partial charge in [-0.05, 0) is 26.8 Å². The minimum atomic E-state index is 0.473. The second kappa shape index (κ2) is 5.49. The Bertz CT molecular complexity index is 216. The molecule has 0 spiro atoms. The van der Waals surface area contributed by atoms with Gasteiger partial charge in [0.2, 0.25) is 0 Å². The monoisotopic (exact) mass is 163 g/mol. The van der Waals surface area contributed by atoms with Gasteiger partial charge in [-0.25, -0.2) is 0 Å². The van der Waals surface area contributed by atoms with Gasteiger partial charge in [0.05, 0.1) is 0 Å². The number of likely N-dealkylation sites (N-methyl/N-ethyl adjacent to an activating group) is 1. The molecular weight excluding hydrogens is 146 g/mol. The van der Waals surface area contributed by atoms with Crippen LogP contribution in [0.4, 0.5) is 0 Å². The summed E-state index contributed by atoms with van der Waals surface area (Å²) in [4.78, 5) is 2.14. The van der Waals surface area contributed by atoms with Gasteiger partial charge in [0.15, 0.2) is 0 Å². The number of terminal acetylenes is 1. The van der Waals surface area contributed by atoms with Crippen molar-refractivity contribution in [3.8, 4) is 12.3 Å². The molecule has 0 rings (SSSR count). The van der Waals surface area contributed by atoms with E-state index >= 15 is 0 Å². The Balaban J connectivity index is 4.54. The summed E-state index contributed by atoms with van der Waals surface area (Å²) in [6.07, 6.45) is 11.0. The highest BCUT2D eigenvalue weighted by molar-refractivity contribution is 5.25. The maximum absolute atomic E-state index is 5.21. The van der Waals surface area contributed by atoms with Crippen molar-refractivity contribution in [2.75, 3.05) is 7.05 Å². The summed E-state index contributed by atoms with van der Waals surface area (Å²) in [5.41, 5.74) is 1.08. The lowest BCUT2D eigenvalue weighted by atomic mass is 10.2. The standard InChI is InChI=1S/C11H17N/c1-6-8-11(9-7-2)12(5)10(3)4/h1,7-10H,2-5H3/b9-7-,11-8+. The number of hydrogen-bond donors (Lipinski definition) is 0. The third-order valence-corrected chi connectivity index (χ3v) is 1.75. The predicted molar refractivity (Wildman–Crippen MR) is 54.6 cm³/mol. The summed E-state index contributed by atoms with van der Waals surface area (Å²) in [6.45, 7) is 6.25. The summed E-state index contributed by atoms with van der Waals surface area (Å²) in [5, 5.41) is 0. The van der Waals surface area contributed by atoms with E-state index < -0.39 is 0 Å². The minimum Gasteiger partial charge on any atom is -0.372 e. The van der Waals surface area contributed by atoms with E-state index in [1.165, 1.54) is 0 Å². The van der Waals surface area contributed by atoms with Gasteiger partial charge in [-0.2, -0.15) is 0 Å². The molecule has 0 aromatic heterocycles. The van der Waals surface area contributed by atoms with Gasteiger partial charge in [-0.1, -0.05) is 12.0 Å². The lowest BCUT2D eigenvalue weighted by Gasteiger charge is -2.24. The average Bonchev–Trinajstić information content (AvgIpc) is 2.03. The number of hydrogen-bond acceptors (Lipinski definition) is 1. The predicted octanol–water partition coefficient (Wildman–Crippen LogP) is 2.42. The largest absolute Gasteiger partial charge is 0.372 e. The molecule has 0 aliphatic carbocycles. The molecule has 0 aromatic rings. The summed E-state index contributed by atoms with van der Waals surface area (Å²) in [6, 6.07) is 0.473. The van der Waals surface area contributed by atoms with Crippen LogP contribution in [-0.2, 0) is 0 Å². The van der Waals surface area contributed by atoms with Gasteiger partial charge in [0.25, 0.3) is 0 Å². The van der Waals surface area contributed by atoms with Crippen molar-refractivity contribution < 1.29 is 0 Å². The zero-order chi connectivity index (χ0) is 9.56. The maximum Gasteiger partial charge on any atom is 0.0447 e. The Morgan fingerprint density at radius 3 is 2.42 bits per heavy atom. The van der Waals surface area contributed by atoms with E-state index in [1.54, 1.807) is 6.08 Å². The lowest BCUT2D eigenvalue weighted by Crippen LogP contribution is -2.24. The highest BCUT2D eigenvalue weighted by atomic mass is 15.1. The van der Waals surface area contributed by atoms with E-state index in [0.717, 1.165) is 5.70 Å². The summed E-state index contributed by atoms with van der Waals surface area (Å²) < 4.78 is 0. The van der Waals surface area contributed by atoms with Crippen LogP contribution in [0.1, 0.15) is 20.8 Å². The highest BCUT2D eigenvalue weighted by Gasteiger charge is 2.03. The van der Waals surface area contributed by atoms with Crippen molar-refractivity contribution in [1.82, 2.24) is 4.90 Å². The quantitative estimate of drug-likeness (QED) is 0.456. The molecule has 0 atom stereocenters. The van der Waals surface area contributed by atoms with Crippen LogP contribution in [0.2, 0.25) is 0 Å². The number of nitrogens with zero attached hydrogens (tertiary/aromatic N) is 1. The highest BCUT2D eigenvalue weighted by Crippen LogP contribution is 2.07. The molecule has 0 aromatic carbocycles. The summed E-state index contributed by atoms with van der Waals surface area (Å²) in [5.74, 6) is 2.53. The molecule has 0 bridgehead atoms. The summed E-state index contributed by atoms with van der Waals surface area (Å²) >= 11 is 0. The Hall–Kier alpha value is -1.16. The van der Waals surface area contributed by atoms with Crippen molar-refractivity contribution >= 4 is 0 Å². The fourth-order valence-electron chi connectivity index (χ4n) is 0.822. The van der Waals surface area contributed by atoms with Crippen LogP contribution in [0.25, 0.3) is 0 Å². The Kier molecular flexibility index (Phi) is 4.96. The second-order valence-electron chi connectivity index (χ2n) is 2.94. The molecule has 0 radical (unpaired) electrons. The molecule has 1 nitrogen and oxygen atoms in total. The van der Waals surface area contributed by atoms with Crippen molar-refractivity contribution in [3.63, 3.8) is 0 Å². The van der Waals surface area contributed by atoms with Crippen molar-refractivity contribution in [1.29, 1.82) is 0 Å². The molecule has 0 fully saturated rings. The molecule has 0 saturated carbocycles. The topological polar surface area (TPSA) is 3.24 Å². The van der Waals surface area contributed by atoms with Gasteiger partial charge in [-0.15, -0.1) is 6.42 Å².